The van der Waals surface area contributed by atoms with Crippen molar-refractivity contribution in [1.29, 1.82) is 0 Å². The smallest absolute Gasteiger partial charge is 0.298 e. The van der Waals surface area contributed by atoms with Gasteiger partial charge in [-0.25, -0.2) is 8.42 Å². The molecule has 3 aromatic rings. The largest absolute Gasteiger partial charge is 0.490 e. The molecular weight excluding hydrogens is 616 g/mol. The summed E-state index contributed by atoms with van der Waals surface area (Å²) in [4.78, 5) is 14.8. The summed E-state index contributed by atoms with van der Waals surface area (Å²) >= 11 is 3.24. The Labute approximate surface area is 247 Å². The van der Waals surface area contributed by atoms with Gasteiger partial charge in [-0.3, -0.25) is 4.79 Å². The standard InChI is InChI=1S/C30H34BrF2N3O4S/c1-35(28(29(37)36-16-14-24(34)15-17-36)30(32,33)22-8-10-23(31)11-9-22)41(38,39)27-13-7-20-18-26(12-6-21(20)19-27)40-25-4-2-3-5-25/h6-13,18-19,24-25,28H,2-5,14-17,34H2,1H3. The first kappa shape index (κ1) is 29.9. The zero-order valence-electron chi connectivity index (χ0n) is 22.8. The molecule has 1 aliphatic carbocycles. The summed E-state index contributed by atoms with van der Waals surface area (Å²) in [5, 5.41) is 1.38. The van der Waals surface area contributed by atoms with E-state index in [9.17, 15) is 13.2 Å². The first-order valence-corrected chi connectivity index (χ1v) is 16.1. The number of nitrogens with zero attached hydrogens (tertiary/aromatic N) is 2. The summed E-state index contributed by atoms with van der Waals surface area (Å²) in [6.45, 7) is 0.365. The molecule has 1 saturated heterocycles. The number of ether oxygens (including phenoxy) is 1. The van der Waals surface area contributed by atoms with Gasteiger partial charge in [-0.05, 0) is 85.7 Å². The second kappa shape index (κ2) is 11.9. The van der Waals surface area contributed by atoms with E-state index in [1.165, 1.54) is 41.3 Å². The molecule has 2 fully saturated rings. The number of hydrogen-bond donors (Lipinski definition) is 1. The van der Waals surface area contributed by atoms with Crippen LogP contribution >= 0.6 is 15.9 Å². The van der Waals surface area contributed by atoms with Crippen LogP contribution in [0.1, 0.15) is 44.1 Å². The number of hydrogen-bond acceptors (Lipinski definition) is 5. The van der Waals surface area contributed by atoms with Gasteiger partial charge >= 0.3 is 0 Å². The van der Waals surface area contributed by atoms with Crippen molar-refractivity contribution in [3.8, 4) is 5.75 Å². The molecule has 5 rings (SSSR count). The van der Waals surface area contributed by atoms with Crippen LogP contribution in [0.2, 0.25) is 0 Å². The molecule has 1 aliphatic heterocycles. The highest BCUT2D eigenvalue weighted by molar-refractivity contribution is 9.10. The van der Waals surface area contributed by atoms with Gasteiger partial charge in [-0.15, -0.1) is 0 Å². The van der Waals surface area contributed by atoms with Gasteiger partial charge in [0.25, 0.3) is 5.92 Å². The van der Waals surface area contributed by atoms with Gasteiger partial charge in [-0.2, -0.15) is 13.1 Å². The monoisotopic (exact) mass is 649 g/mol. The number of amides is 1. The van der Waals surface area contributed by atoms with Crippen LogP contribution in [-0.2, 0) is 20.7 Å². The number of rotatable bonds is 8. The van der Waals surface area contributed by atoms with Crippen molar-refractivity contribution in [2.75, 3.05) is 20.1 Å². The molecule has 0 spiro atoms. The molecule has 0 aromatic heterocycles. The lowest BCUT2D eigenvalue weighted by Crippen LogP contribution is -2.58. The van der Waals surface area contributed by atoms with E-state index in [1.807, 2.05) is 6.07 Å². The summed E-state index contributed by atoms with van der Waals surface area (Å²) in [6, 6.07) is 12.7. The Hall–Kier alpha value is -2.60. The van der Waals surface area contributed by atoms with Crippen molar-refractivity contribution >= 4 is 42.6 Å². The summed E-state index contributed by atoms with van der Waals surface area (Å²) < 4.78 is 67.3. The van der Waals surface area contributed by atoms with E-state index < -0.39 is 33.5 Å². The van der Waals surface area contributed by atoms with Gasteiger partial charge in [0.15, 0.2) is 6.04 Å². The Balaban J connectivity index is 1.48. The summed E-state index contributed by atoms with van der Waals surface area (Å²) in [5.74, 6) is -4.06. The highest BCUT2D eigenvalue weighted by Crippen LogP contribution is 2.39. The summed E-state index contributed by atoms with van der Waals surface area (Å²) in [6.07, 6.45) is 5.39. The van der Waals surface area contributed by atoms with Crippen LogP contribution in [0.5, 0.6) is 5.75 Å². The molecule has 2 N–H and O–H groups in total. The number of piperidine rings is 1. The molecule has 1 unspecified atom stereocenters. The van der Waals surface area contributed by atoms with Crippen molar-refractivity contribution in [3.05, 3.63) is 70.7 Å². The number of nitrogens with two attached hydrogens (primary N) is 1. The van der Waals surface area contributed by atoms with Gasteiger partial charge in [0, 0.05) is 36.2 Å². The highest BCUT2D eigenvalue weighted by Gasteiger charge is 2.53. The molecule has 41 heavy (non-hydrogen) atoms. The van der Waals surface area contributed by atoms with Crippen molar-refractivity contribution in [2.45, 2.75) is 67.5 Å². The average Bonchev–Trinajstić information content (AvgIpc) is 3.46. The fourth-order valence-corrected chi connectivity index (χ4v) is 7.21. The minimum Gasteiger partial charge on any atom is -0.490 e. The number of carbonyl (C=O) groups is 1. The predicted octanol–water partition coefficient (Wildman–Crippen LogP) is 5.65. The van der Waals surface area contributed by atoms with Crippen molar-refractivity contribution in [3.63, 3.8) is 0 Å². The lowest BCUT2D eigenvalue weighted by atomic mass is 9.98. The third-order valence-corrected chi connectivity index (χ3v) is 10.4. The number of fused-ring (bicyclic) bond motifs is 1. The number of alkyl halides is 2. The van der Waals surface area contributed by atoms with Crippen LogP contribution < -0.4 is 10.5 Å². The molecule has 0 bridgehead atoms. The van der Waals surface area contributed by atoms with Gasteiger partial charge < -0.3 is 15.4 Å². The molecule has 2 aliphatic rings. The minimum atomic E-state index is -4.51. The van der Waals surface area contributed by atoms with E-state index in [-0.39, 0.29) is 30.1 Å². The normalized spacial score (nSPS) is 18.2. The third-order valence-electron chi connectivity index (χ3n) is 8.09. The maximum absolute atomic E-state index is 16.2. The molecule has 11 heteroatoms. The minimum absolute atomic E-state index is 0.132. The Morgan fingerprint density at radius 2 is 1.61 bits per heavy atom. The van der Waals surface area contributed by atoms with Crippen LogP contribution in [0.3, 0.4) is 0 Å². The van der Waals surface area contributed by atoms with Crippen LogP contribution in [0, 0.1) is 0 Å². The van der Waals surface area contributed by atoms with Crippen molar-refractivity contribution in [1.82, 2.24) is 9.21 Å². The highest BCUT2D eigenvalue weighted by atomic mass is 79.9. The lowest BCUT2D eigenvalue weighted by Gasteiger charge is -2.38. The van der Waals surface area contributed by atoms with E-state index in [1.54, 1.807) is 18.2 Å². The Morgan fingerprint density at radius 1 is 1.00 bits per heavy atom. The van der Waals surface area contributed by atoms with Gasteiger partial charge in [-0.1, -0.05) is 40.2 Å². The first-order chi connectivity index (χ1) is 19.5. The molecule has 1 amide bonds. The number of likely N-dealkylation sites (N-methyl/N-ethyl adjacent to an activating group) is 1. The summed E-state index contributed by atoms with van der Waals surface area (Å²) in [5.41, 5.74) is 5.50. The molecule has 220 valence electrons. The van der Waals surface area contributed by atoms with Crippen molar-refractivity contribution in [2.24, 2.45) is 5.73 Å². The molecular formula is C30H34BrF2N3O4S. The summed E-state index contributed by atoms with van der Waals surface area (Å²) in [7, 11) is -3.47. The van der Waals surface area contributed by atoms with Gasteiger partial charge in [0.1, 0.15) is 5.75 Å². The van der Waals surface area contributed by atoms with E-state index in [2.05, 4.69) is 15.9 Å². The molecule has 0 radical (unpaired) electrons. The van der Waals surface area contributed by atoms with Crippen LogP contribution in [0.15, 0.2) is 70.0 Å². The molecule has 3 aromatic carbocycles. The quantitative estimate of drug-likeness (QED) is 0.340. The van der Waals surface area contributed by atoms with E-state index in [0.717, 1.165) is 38.1 Å². The average molecular weight is 651 g/mol. The number of benzene rings is 3. The van der Waals surface area contributed by atoms with Crippen LogP contribution in [0.4, 0.5) is 8.78 Å². The van der Waals surface area contributed by atoms with E-state index in [4.69, 9.17) is 10.5 Å². The van der Waals surface area contributed by atoms with Gasteiger partial charge in [0.2, 0.25) is 15.9 Å². The maximum atomic E-state index is 16.2. The molecule has 1 heterocycles. The zero-order valence-corrected chi connectivity index (χ0v) is 25.2. The maximum Gasteiger partial charge on any atom is 0.298 e. The molecule has 7 nitrogen and oxygen atoms in total. The fourth-order valence-electron chi connectivity index (χ4n) is 5.60. The van der Waals surface area contributed by atoms with Gasteiger partial charge in [0.05, 0.1) is 11.0 Å². The molecule has 1 saturated carbocycles. The first-order valence-electron chi connectivity index (χ1n) is 13.8. The Morgan fingerprint density at radius 3 is 2.27 bits per heavy atom. The topological polar surface area (TPSA) is 92.9 Å². The fraction of sp³-hybridized carbons (Fsp3) is 0.433. The third kappa shape index (κ3) is 6.28. The number of carbonyl (C=O) groups excluding carboxylic acids is 1. The zero-order chi connectivity index (χ0) is 29.4. The van der Waals surface area contributed by atoms with E-state index in [0.29, 0.717) is 32.8 Å². The number of sulfonamides is 1. The second-order valence-corrected chi connectivity index (χ2v) is 13.8. The number of likely N-dealkylation sites (tertiary alicyclic amines) is 1. The number of halogens is 3. The van der Waals surface area contributed by atoms with E-state index >= 15 is 8.78 Å². The SMILES string of the molecule is CN(C(C(=O)N1CCC(N)CC1)C(F)(F)c1ccc(Br)cc1)S(=O)(=O)c1ccc2cc(OC3CCCC3)ccc2c1. The van der Waals surface area contributed by atoms with Crippen molar-refractivity contribution < 1.29 is 26.7 Å². The predicted molar refractivity (Wildman–Crippen MR) is 157 cm³/mol. The Bertz CT molecular complexity index is 1510. The second-order valence-electron chi connectivity index (χ2n) is 10.9. The van der Waals surface area contributed by atoms with Crippen LogP contribution in [0.25, 0.3) is 10.8 Å². The molecule has 1 atom stereocenters. The lowest BCUT2D eigenvalue weighted by molar-refractivity contribution is -0.151. The van der Waals surface area contributed by atoms with Crippen LogP contribution in [-0.4, -0.2) is 61.9 Å². The Kier molecular flexibility index (Phi) is 8.71.